The Kier molecular flexibility index (Phi) is 14.9. The van der Waals surface area contributed by atoms with Gasteiger partial charge in [-0.2, -0.15) is 13.2 Å². The molecule has 0 saturated carbocycles. The van der Waals surface area contributed by atoms with Crippen molar-refractivity contribution in [3.05, 3.63) is 69.6 Å². The van der Waals surface area contributed by atoms with Gasteiger partial charge in [-0.25, -0.2) is 18.4 Å². The van der Waals surface area contributed by atoms with Crippen molar-refractivity contribution in [2.24, 2.45) is 24.4 Å². The number of carboxylic acid groups (broad SMARTS) is 1. The second-order valence-electron chi connectivity index (χ2n) is 13.9. The van der Waals surface area contributed by atoms with Gasteiger partial charge in [0, 0.05) is 51.4 Å². The van der Waals surface area contributed by atoms with Gasteiger partial charge in [-0.3, -0.25) is 38.4 Å². The zero-order valence-electron chi connectivity index (χ0n) is 31.2. The molecule has 3 aromatic rings. The molecule has 0 spiro atoms. The summed E-state index contributed by atoms with van der Waals surface area (Å²) in [5, 5.41) is 12.1. The summed E-state index contributed by atoms with van der Waals surface area (Å²) in [5.41, 5.74) is 13.0. The molecule has 3 atom stereocenters. The molecule has 5 rings (SSSR count). The minimum absolute atomic E-state index is 0.00605. The maximum absolute atomic E-state index is 13.9. The van der Waals surface area contributed by atoms with Crippen molar-refractivity contribution in [3.8, 4) is 11.8 Å². The van der Waals surface area contributed by atoms with Gasteiger partial charge in [-0.05, 0) is 73.9 Å². The molecule has 0 bridgehead atoms. The Hall–Kier alpha value is -6.10. The normalized spacial score (nSPS) is 16.9. The predicted octanol–water partition coefficient (Wildman–Crippen LogP) is 1.92. The van der Waals surface area contributed by atoms with Gasteiger partial charge in [-0.1, -0.05) is 17.9 Å². The fourth-order valence-electron chi connectivity index (χ4n) is 6.58. The van der Waals surface area contributed by atoms with Crippen LogP contribution < -0.4 is 27.8 Å². The Labute approximate surface area is 327 Å². The second kappa shape index (κ2) is 19.4. The number of amides is 5. The molecule has 1 unspecified atom stereocenters. The highest BCUT2D eigenvalue weighted by Gasteiger charge is 2.38. The van der Waals surface area contributed by atoms with E-state index in [1.54, 1.807) is 30.1 Å². The summed E-state index contributed by atoms with van der Waals surface area (Å²) in [6, 6.07) is 5.72. The number of nitrogens with zero attached hydrogens (tertiary/aromatic N) is 3. The van der Waals surface area contributed by atoms with Gasteiger partial charge in [0.2, 0.25) is 29.5 Å². The van der Waals surface area contributed by atoms with E-state index in [2.05, 4.69) is 22.5 Å². The van der Waals surface area contributed by atoms with Crippen molar-refractivity contribution in [3.63, 3.8) is 0 Å². The minimum atomic E-state index is -5.08. The quantitative estimate of drug-likeness (QED) is 0.108. The number of piperidine rings is 2. The average Bonchev–Trinajstić information content (AvgIpc) is 3.41. The maximum atomic E-state index is 13.9. The lowest BCUT2D eigenvalue weighted by Gasteiger charge is -2.34. The molecule has 7 N–H and O–H groups in total. The number of primary amides is 1. The van der Waals surface area contributed by atoms with Crippen molar-refractivity contribution < 1.29 is 55.8 Å². The number of likely N-dealkylation sites (tertiary alicyclic amines) is 1. The van der Waals surface area contributed by atoms with Gasteiger partial charge < -0.3 is 26.8 Å². The summed E-state index contributed by atoms with van der Waals surface area (Å²) in [7, 11) is 1.63. The lowest BCUT2D eigenvalue weighted by atomic mass is 9.91. The number of imide groups is 1. The molecule has 312 valence electrons. The standard InChI is InChI=1S/C36H41F2N7O6.C2HF3O2/c1-43-30-20-22(7-10-28(30)45(36(43)51)29-11-13-32(47)42-34(29)49)5-3-2-4-21-14-16-44(17-15-21)35(50)27(19-23-6-8-24(37)25(38)18-23)41-33(48)26(39)9-12-31(40)46;3-2(4,5)1(6)7/h6-8,10,18,20-21,26-27,29H,2,4,9,11-17,19,39H2,1H3,(H2,40,46)(H,41,48)(H,42,47,49);(H,6,7)/t26-,27-,29?;/m0./s1. The molecule has 15 nitrogen and oxygen atoms in total. The fourth-order valence-corrected chi connectivity index (χ4v) is 6.58. The molecule has 2 fully saturated rings. The Morgan fingerprint density at radius 3 is 2.28 bits per heavy atom. The van der Waals surface area contributed by atoms with Crippen LogP contribution in [-0.4, -0.2) is 86.0 Å². The molecular formula is C38H42F5N7O8. The van der Waals surface area contributed by atoms with Crippen molar-refractivity contribution in [2.45, 2.75) is 82.1 Å². The Balaban J connectivity index is 0.000000973. The van der Waals surface area contributed by atoms with Crippen LogP contribution in [0.3, 0.4) is 0 Å². The predicted molar refractivity (Wildman–Crippen MR) is 196 cm³/mol. The SMILES string of the molecule is Cn1c(=O)n(C2CCC(=O)NC2=O)c2ccc(C#CCCC3CCN(C(=O)[C@H](Cc4ccc(F)c(F)c4)NC(=O)[C@@H](N)CCC(N)=O)CC3)cc21.O=C(O)C(F)(F)F. The number of hydrogen-bond donors (Lipinski definition) is 5. The van der Waals surface area contributed by atoms with Gasteiger partial charge in [-0.15, -0.1) is 0 Å². The number of carbonyl (C=O) groups is 6. The van der Waals surface area contributed by atoms with Crippen molar-refractivity contribution in [1.82, 2.24) is 24.7 Å². The summed E-state index contributed by atoms with van der Waals surface area (Å²) in [6.45, 7) is 0.868. The third-order valence-electron chi connectivity index (χ3n) is 9.77. The molecule has 0 aliphatic carbocycles. The molecule has 5 amide bonds. The van der Waals surface area contributed by atoms with Crippen LogP contribution in [0.2, 0.25) is 0 Å². The molecule has 0 radical (unpaired) electrons. The van der Waals surface area contributed by atoms with E-state index in [0.29, 0.717) is 60.4 Å². The lowest BCUT2D eigenvalue weighted by Crippen LogP contribution is -2.54. The summed E-state index contributed by atoms with van der Waals surface area (Å²) in [4.78, 5) is 85.2. The van der Waals surface area contributed by atoms with Crippen molar-refractivity contribution in [2.75, 3.05) is 13.1 Å². The highest BCUT2D eigenvalue weighted by atomic mass is 19.4. The maximum Gasteiger partial charge on any atom is 0.490 e. The Bertz CT molecular complexity index is 2180. The summed E-state index contributed by atoms with van der Waals surface area (Å²) < 4.78 is 62.1. The zero-order chi connectivity index (χ0) is 42.9. The number of carboxylic acids is 1. The Morgan fingerprint density at radius 1 is 1.00 bits per heavy atom. The zero-order valence-corrected chi connectivity index (χ0v) is 31.2. The van der Waals surface area contributed by atoms with E-state index >= 15 is 0 Å². The number of fused-ring (bicyclic) bond motifs is 1. The number of nitrogens with one attached hydrogen (secondary N) is 2. The van der Waals surface area contributed by atoms with E-state index in [9.17, 15) is 50.7 Å². The lowest BCUT2D eigenvalue weighted by molar-refractivity contribution is -0.192. The first-order valence-electron chi connectivity index (χ1n) is 18.2. The van der Waals surface area contributed by atoms with Gasteiger partial charge in [0.25, 0.3) is 0 Å². The number of rotatable bonds is 11. The van der Waals surface area contributed by atoms with Crippen molar-refractivity contribution >= 4 is 46.5 Å². The van der Waals surface area contributed by atoms with E-state index in [1.165, 1.54) is 15.2 Å². The molecule has 1 aromatic heterocycles. The number of carbonyl (C=O) groups excluding carboxylic acids is 5. The van der Waals surface area contributed by atoms with Crippen LogP contribution in [0.25, 0.3) is 11.0 Å². The van der Waals surface area contributed by atoms with E-state index in [4.69, 9.17) is 21.4 Å². The molecule has 3 heterocycles. The molecular weight excluding hydrogens is 777 g/mol. The minimum Gasteiger partial charge on any atom is -0.475 e. The summed E-state index contributed by atoms with van der Waals surface area (Å²) in [6.07, 6.45) is -2.05. The van der Waals surface area contributed by atoms with E-state index < -0.39 is 59.6 Å². The van der Waals surface area contributed by atoms with Crippen LogP contribution in [0.4, 0.5) is 22.0 Å². The number of hydrogen-bond acceptors (Lipinski definition) is 8. The van der Waals surface area contributed by atoms with E-state index in [-0.39, 0.29) is 49.6 Å². The first-order valence-corrected chi connectivity index (χ1v) is 18.2. The number of aliphatic carboxylic acids is 1. The number of nitrogens with two attached hydrogens (primary N) is 2. The van der Waals surface area contributed by atoms with Crippen LogP contribution in [0.1, 0.15) is 68.5 Å². The topological polar surface area (TPSA) is 229 Å². The third-order valence-corrected chi connectivity index (χ3v) is 9.77. The van der Waals surface area contributed by atoms with Gasteiger partial charge >= 0.3 is 17.8 Å². The van der Waals surface area contributed by atoms with Gasteiger partial charge in [0.15, 0.2) is 11.6 Å². The monoisotopic (exact) mass is 819 g/mol. The van der Waals surface area contributed by atoms with Crippen molar-refractivity contribution in [1.29, 1.82) is 0 Å². The number of alkyl halides is 3. The molecule has 2 aromatic carbocycles. The summed E-state index contributed by atoms with van der Waals surface area (Å²) >= 11 is 0. The second-order valence-corrected chi connectivity index (χ2v) is 13.9. The van der Waals surface area contributed by atoms with Crippen LogP contribution in [0, 0.1) is 29.4 Å². The fraction of sp³-hybridized carbons (Fsp3) is 0.447. The number of aryl methyl sites for hydroxylation is 1. The number of aromatic nitrogens is 2. The van der Waals surface area contributed by atoms with Crippen LogP contribution in [0.5, 0.6) is 0 Å². The smallest absolute Gasteiger partial charge is 0.475 e. The highest BCUT2D eigenvalue weighted by Crippen LogP contribution is 2.25. The van der Waals surface area contributed by atoms with Gasteiger partial charge in [0.05, 0.1) is 17.1 Å². The largest absolute Gasteiger partial charge is 0.490 e. The van der Waals surface area contributed by atoms with Crippen LogP contribution in [-0.2, 0) is 42.2 Å². The first kappa shape index (κ1) is 44.6. The molecule has 20 heteroatoms. The van der Waals surface area contributed by atoms with Crippen LogP contribution in [0.15, 0.2) is 41.2 Å². The molecule has 2 saturated heterocycles. The molecule has 2 aliphatic rings. The average molecular weight is 820 g/mol. The highest BCUT2D eigenvalue weighted by molar-refractivity contribution is 6.00. The first-order chi connectivity index (χ1) is 27.3. The summed E-state index contributed by atoms with van der Waals surface area (Å²) in [5.74, 6) is -0.689. The number of halogens is 5. The molecule has 2 aliphatic heterocycles. The van der Waals surface area contributed by atoms with E-state index in [0.717, 1.165) is 18.6 Å². The third kappa shape index (κ3) is 11.7. The molecule has 58 heavy (non-hydrogen) atoms. The van der Waals surface area contributed by atoms with Crippen LogP contribution >= 0.6 is 0 Å². The van der Waals surface area contributed by atoms with Gasteiger partial charge in [0.1, 0.15) is 12.1 Å². The van der Waals surface area contributed by atoms with E-state index in [1.807, 2.05) is 0 Å². The number of benzene rings is 2. The number of imidazole rings is 1. The Morgan fingerprint density at radius 2 is 1.67 bits per heavy atom.